The van der Waals surface area contributed by atoms with E-state index in [-0.39, 0.29) is 23.6 Å². The monoisotopic (exact) mass is 283 g/mol. The molecule has 4 heteroatoms. The van der Waals surface area contributed by atoms with Crippen molar-refractivity contribution in [3.8, 4) is 5.75 Å². The first-order chi connectivity index (χ1) is 8.52. The molecule has 2 atom stereocenters. The quantitative estimate of drug-likeness (QED) is 0.927. The zero-order valence-electron chi connectivity index (χ0n) is 11.9. The molecule has 106 valence electrons. The minimum atomic E-state index is -0.0213. The van der Waals surface area contributed by atoms with Crippen molar-refractivity contribution in [2.24, 2.45) is 0 Å². The molecule has 1 aliphatic rings. The molecule has 1 aromatic carbocycles. The van der Waals surface area contributed by atoms with Crippen molar-refractivity contribution in [1.29, 1.82) is 0 Å². The Morgan fingerprint density at radius 2 is 2.11 bits per heavy atom. The van der Waals surface area contributed by atoms with Gasteiger partial charge in [0.15, 0.2) is 5.78 Å². The van der Waals surface area contributed by atoms with E-state index in [4.69, 9.17) is 4.74 Å². The Morgan fingerprint density at radius 1 is 1.42 bits per heavy atom. The van der Waals surface area contributed by atoms with Gasteiger partial charge in [0.25, 0.3) is 0 Å². The molecule has 0 heterocycles. The highest BCUT2D eigenvalue weighted by Crippen LogP contribution is 2.41. The van der Waals surface area contributed by atoms with Gasteiger partial charge in [-0.1, -0.05) is 6.92 Å². The number of Topliss-reactive ketones (excluding diaryl/α,β-unsaturated/α-hetero) is 1. The van der Waals surface area contributed by atoms with Gasteiger partial charge in [-0.15, -0.1) is 12.4 Å². The minimum Gasteiger partial charge on any atom is -0.497 e. The average molecular weight is 284 g/mol. The second-order valence-electron chi connectivity index (χ2n) is 5.26. The van der Waals surface area contributed by atoms with E-state index < -0.39 is 0 Å². The number of benzene rings is 1. The van der Waals surface area contributed by atoms with Gasteiger partial charge in [-0.2, -0.15) is 0 Å². The lowest BCUT2D eigenvalue weighted by molar-refractivity contribution is 0.0947. The molecule has 0 aromatic heterocycles. The Morgan fingerprint density at radius 3 is 2.68 bits per heavy atom. The van der Waals surface area contributed by atoms with Crippen LogP contribution < -0.4 is 10.1 Å². The molecule has 0 saturated heterocycles. The molecule has 0 spiro atoms. The van der Waals surface area contributed by atoms with Gasteiger partial charge in [0.1, 0.15) is 5.75 Å². The van der Waals surface area contributed by atoms with Gasteiger partial charge in [0.2, 0.25) is 0 Å². The van der Waals surface area contributed by atoms with Crippen LogP contribution in [-0.4, -0.2) is 26.0 Å². The van der Waals surface area contributed by atoms with Crippen LogP contribution in [0.1, 0.15) is 42.6 Å². The van der Waals surface area contributed by atoms with Crippen LogP contribution >= 0.6 is 12.4 Å². The Hall–Kier alpha value is -1.06. The lowest BCUT2D eigenvalue weighted by atomic mass is 9.67. The van der Waals surface area contributed by atoms with Crippen molar-refractivity contribution in [2.75, 3.05) is 14.2 Å². The number of ketones is 1. The van der Waals surface area contributed by atoms with Crippen LogP contribution in [0.15, 0.2) is 18.2 Å². The molecule has 19 heavy (non-hydrogen) atoms. The highest BCUT2D eigenvalue weighted by molar-refractivity contribution is 5.99. The maximum Gasteiger partial charge on any atom is 0.163 e. The van der Waals surface area contributed by atoms with Crippen molar-refractivity contribution >= 4 is 18.2 Å². The zero-order valence-corrected chi connectivity index (χ0v) is 12.8. The van der Waals surface area contributed by atoms with E-state index in [1.165, 1.54) is 0 Å². The van der Waals surface area contributed by atoms with Gasteiger partial charge in [-0.3, -0.25) is 4.79 Å². The summed E-state index contributed by atoms with van der Waals surface area (Å²) in [4.78, 5) is 12.0. The second-order valence-corrected chi connectivity index (χ2v) is 5.26. The summed E-state index contributed by atoms with van der Waals surface area (Å²) >= 11 is 0. The van der Waals surface area contributed by atoms with Crippen molar-refractivity contribution in [3.05, 3.63) is 29.3 Å². The molecule has 3 nitrogen and oxygen atoms in total. The van der Waals surface area contributed by atoms with Crippen LogP contribution in [0.4, 0.5) is 0 Å². The number of likely N-dealkylation sites (N-methyl/N-ethyl adjacent to an activating group) is 1. The number of nitrogens with one attached hydrogen (secondary N) is 1. The van der Waals surface area contributed by atoms with E-state index in [0.29, 0.717) is 12.5 Å². The number of ether oxygens (including phenoxy) is 1. The van der Waals surface area contributed by atoms with Crippen LogP contribution in [0.2, 0.25) is 0 Å². The van der Waals surface area contributed by atoms with Gasteiger partial charge in [-0.25, -0.2) is 0 Å². The summed E-state index contributed by atoms with van der Waals surface area (Å²) in [6, 6.07) is 6.10. The normalized spacial score (nSPS) is 23.3. The summed E-state index contributed by atoms with van der Waals surface area (Å²) < 4.78 is 5.29. The lowest BCUT2D eigenvalue weighted by Crippen LogP contribution is -2.46. The summed E-state index contributed by atoms with van der Waals surface area (Å²) in [6.45, 7) is 4.39. The Labute approximate surface area is 121 Å². The zero-order chi connectivity index (χ0) is 13.3. The van der Waals surface area contributed by atoms with Crippen molar-refractivity contribution in [3.63, 3.8) is 0 Å². The van der Waals surface area contributed by atoms with Crippen LogP contribution in [0.25, 0.3) is 0 Å². The first kappa shape index (κ1) is 16.0. The number of rotatable bonds is 3. The standard InChI is InChI=1S/C15H21NO2.ClH/c1-10(16-3)15(2)8-7-14(17)12-6-5-11(18-4)9-13(12)15;/h5-6,9-10,16H,7-8H2,1-4H3;1H. The third-order valence-corrected chi connectivity index (χ3v) is 4.40. The van der Waals surface area contributed by atoms with Crippen molar-refractivity contribution in [1.82, 2.24) is 5.32 Å². The maximum atomic E-state index is 12.0. The molecular formula is C15H22ClNO2. The largest absolute Gasteiger partial charge is 0.497 e. The molecule has 0 aliphatic heterocycles. The maximum absolute atomic E-state index is 12.0. The molecule has 1 N–H and O–H groups in total. The number of methoxy groups -OCH3 is 1. The third-order valence-electron chi connectivity index (χ3n) is 4.40. The number of carbonyl (C=O) groups is 1. The average Bonchev–Trinajstić information content (AvgIpc) is 2.41. The molecule has 0 saturated carbocycles. The number of carbonyl (C=O) groups excluding carboxylic acids is 1. The molecule has 2 unspecified atom stereocenters. The molecule has 1 aliphatic carbocycles. The first-order valence-electron chi connectivity index (χ1n) is 6.42. The number of hydrogen-bond acceptors (Lipinski definition) is 3. The van der Waals surface area contributed by atoms with E-state index in [9.17, 15) is 4.79 Å². The first-order valence-corrected chi connectivity index (χ1v) is 6.42. The fourth-order valence-corrected chi connectivity index (χ4v) is 2.78. The second kappa shape index (κ2) is 5.93. The van der Waals surface area contributed by atoms with Crippen LogP contribution in [0.3, 0.4) is 0 Å². The molecule has 2 rings (SSSR count). The van der Waals surface area contributed by atoms with E-state index in [0.717, 1.165) is 23.3 Å². The van der Waals surface area contributed by atoms with Crippen LogP contribution in [0.5, 0.6) is 5.75 Å². The molecule has 0 radical (unpaired) electrons. The van der Waals surface area contributed by atoms with E-state index in [2.05, 4.69) is 19.2 Å². The fourth-order valence-electron chi connectivity index (χ4n) is 2.78. The molecule has 0 fully saturated rings. The van der Waals surface area contributed by atoms with Gasteiger partial charge < -0.3 is 10.1 Å². The number of hydrogen-bond donors (Lipinski definition) is 1. The van der Waals surface area contributed by atoms with E-state index >= 15 is 0 Å². The summed E-state index contributed by atoms with van der Waals surface area (Å²) in [5.41, 5.74) is 1.94. The number of fused-ring (bicyclic) bond motifs is 1. The summed E-state index contributed by atoms with van der Waals surface area (Å²) in [6.07, 6.45) is 1.51. The predicted octanol–water partition coefficient (Wildman–Crippen LogP) is 2.96. The van der Waals surface area contributed by atoms with E-state index in [1.807, 2.05) is 25.2 Å². The van der Waals surface area contributed by atoms with Gasteiger partial charge in [0.05, 0.1) is 7.11 Å². The van der Waals surface area contributed by atoms with Gasteiger partial charge in [-0.05, 0) is 44.2 Å². The SMILES string of the molecule is CNC(C)C1(C)CCC(=O)c2ccc(OC)cc21.Cl. The topological polar surface area (TPSA) is 38.3 Å². The van der Waals surface area contributed by atoms with Gasteiger partial charge >= 0.3 is 0 Å². The van der Waals surface area contributed by atoms with Gasteiger partial charge in [0, 0.05) is 23.4 Å². The summed E-state index contributed by atoms with van der Waals surface area (Å²) in [5.74, 6) is 1.06. The highest BCUT2D eigenvalue weighted by atomic mass is 35.5. The van der Waals surface area contributed by atoms with Crippen LogP contribution in [-0.2, 0) is 5.41 Å². The molecular weight excluding hydrogens is 262 g/mol. The van der Waals surface area contributed by atoms with Crippen molar-refractivity contribution < 1.29 is 9.53 Å². The molecule has 0 bridgehead atoms. The lowest BCUT2D eigenvalue weighted by Gasteiger charge is -2.40. The predicted molar refractivity (Wildman–Crippen MR) is 79.7 cm³/mol. The molecule has 1 aromatic rings. The molecule has 0 amide bonds. The minimum absolute atomic E-state index is 0. The van der Waals surface area contributed by atoms with E-state index in [1.54, 1.807) is 7.11 Å². The third kappa shape index (κ3) is 2.63. The van der Waals surface area contributed by atoms with Crippen molar-refractivity contribution in [2.45, 2.75) is 38.1 Å². The Kier molecular flexibility index (Phi) is 4.99. The Balaban J connectivity index is 0.00000180. The van der Waals surface area contributed by atoms with Crippen LogP contribution in [0, 0.1) is 0 Å². The number of halogens is 1. The summed E-state index contributed by atoms with van der Waals surface area (Å²) in [7, 11) is 3.62. The Bertz CT molecular complexity index is 475. The fraction of sp³-hybridized carbons (Fsp3) is 0.533. The summed E-state index contributed by atoms with van der Waals surface area (Å²) in [5, 5.41) is 3.32. The highest BCUT2D eigenvalue weighted by Gasteiger charge is 2.39. The smallest absolute Gasteiger partial charge is 0.163 e.